The van der Waals surface area contributed by atoms with Crippen LogP contribution in [-0.2, 0) is 4.74 Å². The molecule has 1 atom stereocenters. The maximum Gasteiger partial charge on any atom is 0.192 e. The summed E-state index contributed by atoms with van der Waals surface area (Å²) in [6, 6.07) is 18.0. The van der Waals surface area contributed by atoms with Crippen LogP contribution in [0.5, 0.6) is 5.75 Å². The van der Waals surface area contributed by atoms with Crippen molar-refractivity contribution < 1.29 is 9.47 Å². The number of ether oxygens (including phenoxy) is 2. The minimum atomic E-state index is -0.139. The van der Waals surface area contributed by atoms with Crippen molar-refractivity contribution >= 4 is 5.96 Å². The molecule has 0 radical (unpaired) electrons. The minimum absolute atomic E-state index is 0.139. The summed E-state index contributed by atoms with van der Waals surface area (Å²) < 4.78 is 10.6. The summed E-state index contributed by atoms with van der Waals surface area (Å²) in [6.45, 7) is 2.93. The van der Waals surface area contributed by atoms with Crippen molar-refractivity contribution in [2.75, 3.05) is 33.4 Å². The predicted octanol–water partition coefficient (Wildman–Crippen LogP) is 2.43. The van der Waals surface area contributed by atoms with Crippen molar-refractivity contribution in [3.63, 3.8) is 0 Å². The molecule has 2 aromatic carbocycles. The Morgan fingerprint density at radius 2 is 1.67 bits per heavy atom. The Hall–Kier alpha value is -2.53. The second kappa shape index (κ2) is 7.84. The molecule has 3 rings (SSSR count). The highest BCUT2D eigenvalue weighted by Crippen LogP contribution is 2.27. The van der Waals surface area contributed by atoms with Crippen molar-refractivity contribution in [3.05, 3.63) is 65.7 Å². The first kappa shape index (κ1) is 16.3. The molecule has 5 heteroatoms. The lowest BCUT2D eigenvalue weighted by Crippen LogP contribution is -2.45. The number of nitrogens with two attached hydrogens (primary N) is 1. The van der Waals surface area contributed by atoms with Crippen LogP contribution in [0.15, 0.2) is 59.6 Å². The third kappa shape index (κ3) is 3.86. The molecule has 0 aliphatic carbocycles. The first-order valence-corrected chi connectivity index (χ1v) is 8.13. The van der Waals surface area contributed by atoms with Crippen molar-refractivity contribution in [2.45, 2.75) is 6.04 Å². The molecule has 24 heavy (non-hydrogen) atoms. The summed E-state index contributed by atoms with van der Waals surface area (Å²) in [6.07, 6.45) is 0. The molecule has 0 bridgehead atoms. The third-order valence-electron chi connectivity index (χ3n) is 4.14. The molecule has 1 saturated heterocycles. The maximum atomic E-state index is 6.28. The van der Waals surface area contributed by atoms with E-state index in [-0.39, 0.29) is 6.04 Å². The van der Waals surface area contributed by atoms with Gasteiger partial charge in [0.25, 0.3) is 0 Å². The molecule has 1 aliphatic heterocycles. The summed E-state index contributed by atoms with van der Waals surface area (Å²) in [5.74, 6) is 1.39. The van der Waals surface area contributed by atoms with Crippen molar-refractivity contribution in [1.29, 1.82) is 0 Å². The van der Waals surface area contributed by atoms with Crippen LogP contribution in [0.4, 0.5) is 0 Å². The fourth-order valence-corrected chi connectivity index (χ4v) is 2.77. The number of nitrogens with zero attached hydrogens (tertiary/aromatic N) is 2. The fraction of sp³-hybridized carbons (Fsp3) is 0.316. The van der Waals surface area contributed by atoms with Gasteiger partial charge in [-0.25, -0.2) is 4.99 Å². The van der Waals surface area contributed by atoms with Gasteiger partial charge >= 0.3 is 0 Å². The first-order chi connectivity index (χ1) is 11.8. The maximum absolute atomic E-state index is 6.28. The molecule has 0 amide bonds. The molecule has 1 unspecified atom stereocenters. The fourth-order valence-electron chi connectivity index (χ4n) is 2.77. The second-order valence-corrected chi connectivity index (χ2v) is 5.67. The highest BCUT2D eigenvalue weighted by Gasteiger charge is 2.17. The van der Waals surface area contributed by atoms with Crippen LogP contribution >= 0.6 is 0 Å². The van der Waals surface area contributed by atoms with Crippen LogP contribution in [0.3, 0.4) is 0 Å². The molecule has 2 aromatic rings. The van der Waals surface area contributed by atoms with Gasteiger partial charge < -0.3 is 20.1 Å². The van der Waals surface area contributed by atoms with Crippen molar-refractivity contribution in [3.8, 4) is 5.75 Å². The lowest BCUT2D eigenvalue weighted by atomic mass is 9.99. The van der Waals surface area contributed by atoms with E-state index in [9.17, 15) is 0 Å². The van der Waals surface area contributed by atoms with Gasteiger partial charge in [0, 0.05) is 13.1 Å². The molecular weight excluding hydrogens is 302 g/mol. The monoisotopic (exact) mass is 325 g/mol. The van der Waals surface area contributed by atoms with Crippen LogP contribution in [0.1, 0.15) is 17.2 Å². The zero-order valence-corrected chi connectivity index (χ0v) is 13.9. The Bertz CT molecular complexity index is 665. The first-order valence-electron chi connectivity index (χ1n) is 8.13. The number of rotatable bonds is 4. The van der Waals surface area contributed by atoms with Gasteiger partial charge in [-0.2, -0.15) is 0 Å². The molecule has 0 spiro atoms. The normalized spacial score (nSPS) is 16.7. The summed E-state index contributed by atoms with van der Waals surface area (Å²) >= 11 is 0. The van der Waals surface area contributed by atoms with Gasteiger partial charge in [-0.05, 0) is 23.3 Å². The van der Waals surface area contributed by atoms with Crippen molar-refractivity contribution in [2.24, 2.45) is 10.7 Å². The van der Waals surface area contributed by atoms with E-state index >= 15 is 0 Å². The summed E-state index contributed by atoms with van der Waals surface area (Å²) in [5.41, 5.74) is 8.47. The zero-order chi connectivity index (χ0) is 16.8. The molecule has 5 nitrogen and oxygen atoms in total. The second-order valence-electron chi connectivity index (χ2n) is 5.67. The Labute approximate surface area is 142 Å². The molecule has 126 valence electrons. The van der Waals surface area contributed by atoms with Gasteiger partial charge in [0.2, 0.25) is 0 Å². The van der Waals surface area contributed by atoms with Crippen LogP contribution in [0.25, 0.3) is 0 Å². The van der Waals surface area contributed by atoms with Gasteiger partial charge in [0.05, 0.1) is 20.3 Å². The average molecular weight is 325 g/mol. The number of benzene rings is 2. The van der Waals surface area contributed by atoms with Crippen molar-refractivity contribution in [1.82, 2.24) is 4.90 Å². The summed E-state index contributed by atoms with van der Waals surface area (Å²) in [7, 11) is 1.66. The van der Waals surface area contributed by atoms with Crippen LogP contribution in [0, 0.1) is 0 Å². The lowest BCUT2D eigenvalue weighted by molar-refractivity contribution is 0.0673. The highest BCUT2D eigenvalue weighted by atomic mass is 16.5. The molecule has 1 aliphatic rings. The van der Waals surface area contributed by atoms with E-state index in [0.29, 0.717) is 19.2 Å². The van der Waals surface area contributed by atoms with E-state index in [1.54, 1.807) is 7.11 Å². The molecular formula is C19H23N3O2. The molecule has 1 fully saturated rings. The van der Waals surface area contributed by atoms with Gasteiger partial charge in [-0.3, -0.25) is 0 Å². The quantitative estimate of drug-likeness (QED) is 0.693. The largest absolute Gasteiger partial charge is 0.497 e. The molecule has 0 saturated carbocycles. The summed E-state index contributed by atoms with van der Waals surface area (Å²) in [4.78, 5) is 6.89. The van der Waals surface area contributed by atoms with Gasteiger partial charge in [0.1, 0.15) is 11.8 Å². The van der Waals surface area contributed by atoms with E-state index in [1.807, 2.05) is 42.5 Å². The Morgan fingerprint density at radius 1 is 1.04 bits per heavy atom. The van der Waals surface area contributed by atoms with Crippen LogP contribution in [0.2, 0.25) is 0 Å². The van der Waals surface area contributed by atoms with E-state index in [4.69, 9.17) is 20.2 Å². The SMILES string of the molecule is COc1ccc(C(N=C(N)N2CCOCC2)c2ccccc2)cc1. The number of hydrogen-bond acceptors (Lipinski definition) is 3. The molecule has 2 N–H and O–H groups in total. The van der Waals surface area contributed by atoms with E-state index in [2.05, 4.69) is 17.0 Å². The average Bonchev–Trinajstić information content (AvgIpc) is 2.67. The van der Waals surface area contributed by atoms with E-state index in [1.165, 1.54) is 0 Å². The number of morpholine rings is 1. The number of methoxy groups -OCH3 is 1. The third-order valence-corrected chi connectivity index (χ3v) is 4.14. The Balaban J connectivity index is 1.92. The number of hydrogen-bond donors (Lipinski definition) is 1. The topological polar surface area (TPSA) is 60.1 Å². The highest BCUT2D eigenvalue weighted by molar-refractivity contribution is 5.78. The standard InChI is InChI=1S/C19H23N3O2/c1-23-17-9-7-16(8-10-17)18(15-5-3-2-4-6-15)21-19(20)22-11-13-24-14-12-22/h2-10,18H,11-14H2,1H3,(H2,20,21). The zero-order valence-electron chi connectivity index (χ0n) is 13.9. The number of aliphatic imine (C=N–C) groups is 1. The van der Waals surface area contributed by atoms with E-state index < -0.39 is 0 Å². The lowest BCUT2D eigenvalue weighted by Gasteiger charge is -2.28. The summed E-state index contributed by atoms with van der Waals surface area (Å²) in [5, 5.41) is 0. The Kier molecular flexibility index (Phi) is 5.33. The molecule has 1 heterocycles. The minimum Gasteiger partial charge on any atom is -0.497 e. The Morgan fingerprint density at radius 3 is 2.29 bits per heavy atom. The van der Waals surface area contributed by atoms with Gasteiger partial charge in [-0.1, -0.05) is 42.5 Å². The van der Waals surface area contributed by atoms with E-state index in [0.717, 1.165) is 30.0 Å². The van der Waals surface area contributed by atoms with Gasteiger partial charge in [-0.15, -0.1) is 0 Å². The number of guanidine groups is 1. The van der Waals surface area contributed by atoms with Crippen LogP contribution in [-0.4, -0.2) is 44.3 Å². The molecule has 0 aromatic heterocycles. The predicted molar refractivity (Wildman–Crippen MR) is 95.3 cm³/mol. The van der Waals surface area contributed by atoms with Crippen LogP contribution < -0.4 is 10.5 Å². The smallest absolute Gasteiger partial charge is 0.192 e. The van der Waals surface area contributed by atoms with Gasteiger partial charge in [0.15, 0.2) is 5.96 Å².